The van der Waals surface area contributed by atoms with Crippen molar-refractivity contribution in [1.29, 1.82) is 0 Å². The van der Waals surface area contributed by atoms with Crippen molar-refractivity contribution >= 4 is 18.4 Å². The second kappa shape index (κ2) is 4.16. The molecule has 90 valence electrons. The average Bonchev–Trinajstić information content (AvgIpc) is 2.56. The Morgan fingerprint density at radius 3 is 2.82 bits per heavy atom. The van der Waals surface area contributed by atoms with E-state index in [1.165, 1.54) is 0 Å². The minimum atomic E-state index is -0.0267. The molecule has 1 unspecified atom stereocenters. The lowest BCUT2D eigenvalue weighted by Gasteiger charge is -2.24. The van der Waals surface area contributed by atoms with Crippen LogP contribution in [0, 0.1) is 0 Å². The Bertz CT molecular complexity index is 485. The molecular weight excluding hydrogens is 214 g/mol. The summed E-state index contributed by atoms with van der Waals surface area (Å²) in [6, 6.07) is 3.96. The third-order valence-electron chi connectivity index (χ3n) is 2.77. The Labute approximate surface area is 102 Å². The number of nitrogens with zero attached hydrogens (tertiary/aromatic N) is 5. The zero-order chi connectivity index (χ0) is 12.6. The first kappa shape index (κ1) is 11.6. The van der Waals surface area contributed by atoms with Crippen LogP contribution >= 0.6 is 0 Å². The van der Waals surface area contributed by atoms with E-state index in [1.807, 2.05) is 34.3 Å². The first-order valence-electron chi connectivity index (χ1n) is 5.50. The molecule has 0 spiro atoms. The van der Waals surface area contributed by atoms with Gasteiger partial charge >= 0.3 is 5.82 Å². The summed E-state index contributed by atoms with van der Waals surface area (Å²) in [6.07, 6.45) is 1.76. The molecule has 0 radical (unpaired) electrons. The number of aromatic nitrogens is 1. The van der Waals surface area contributed by atoms with Gasteiger partial charge in [-0.15, -0.1) is 0 Å². The van der Waals surface area contributed by atoms with Crippen molar-refractivity contribution in [3.63, 3.8) is 0 Å². The molecule has 2 heterocycles. The van der Waals surface area contributed by atoms with Crippen LogP contribution in [0.25, 0.3) is 5.43 Å². The maximum atomic E-state index is 4.54. The van der Waals surface area contributed by atoms with Gasteiger partial charge in [0.25, 0.3) is 0 Å². The summed E-state index contributed by atoms with van der Waals surface area (Å²) in [6.45, 7) is 3.88. The number of rotatable bonds is 1. The molecule has 0 N–H and O–H groups in total. The normalized spacial score (nSPS) is 17.4. The predicted molar refractivity (Wildman–Crippen MR) is 68.2 cm³/mol. The highest BCUT2D eigenvalue weighted by molar-refractivity contribution is 5.87. The summed E-state index contributed by atoms with van der Waals surface area (Å²) in [4.78, 5) is 6.38. The molecule has 17 heavy (non-hydrogen) atoms. The van der Waals surface area contributed by atoms with E-state index in [-0.39, 0.29) is 6.04 Å². The summed E-state index contributed by atoms with van der Waals surface area (Å²) >= 11 is 0. The van der Waals surface area contributed by atoms with Crippen LogP contribution in [0.5, 0.6) is 0 Å². The van der Waals surface area contributed by atoms with Gasteiger partial charge < -0.3 is 5.43 Å². The fourth-order valence-electron chi connectivity index (χ4n) is 2.17. The topological polar surface area (TPSA) is 36.2 Å². The molecule has 0 amide bonds. The molecule has 0 fully saturated rings. The SMILES string of the molecule is C=[N+]1[N-]C(C(N(C)C)=[N+](C)C)c2cccnc21. The molecule has 1 aromatic rings. The summed E-state index contributed by atoms with van der Waals surface area (Å²) in [7, 11) is 8.08. The van der Waals surface area contributed by atoms with Crippen molar-refractivity contribution in [3.05, 3.63) is 29.3 Å². The van der Waals surface area contributed by atoms with Crippen LogP contribution in [0.3, 0.4) is 0 Å². The zero-order valence-corrected chi connectivity index (χ0v) is 10.8. The van der Waals surface area contributed by atoms with Gasteiger partial charge in [-0.2, -0.15) is 0 Å². The van der Waals surface area contributed by atoms with Gasteiger partial charge in [-0.05, 0) is 12.1 Å². The number of fused-ring (bicyclic) bond motifs is 1. The van der Waals surface area contributed by atoms with Gasteiger partial charge in [-0.25, -0.2) is 0 Å². The number of hydrogen-bond donors (Lipinski definition) is 0. The maximum Gasteiger partial charge on any atom is 0.315 e. The van der Waals surface area contributed by atoms with Gasteiger partial charge in [0.05, 0.1) is 28.2 Å². The summed E-state index contributed by atoms with van der Waals surface area (Å²) < 4.78 is 3.68. The average molecular weight is 232 g/mol. The largest absolute Gasteiger partial charge is 0.504 e. The first-order valence-corrected chi connectivity index (χ1v) is 5.50. The summed E-state index contributed by atoms with van der Waals surface area (Å²) in [5.74, 6) is 1.95. The molecule has 0 bridgehead atoms. The molecule has 5 nitrogen and oxygen atoms in total. The third kappa shape index (κ3) is 1.88. The standard InChI is InChI=1S/C12H18N5/c1-15(2)12(16(3)4)10-9-7-6-8-13-11(9)17(5)14-10/h6-8,10H,5H2,1-4H3/q+1. The molecule has 5 heteroatoms. The Morgan fingerprint density at radius 2 is 2.24 bits per heavy atom. The minimum Gasteiger partial charge on any atom is -0.504 e. The molecule has 1 aromatic heterocycles. The first-order chi connectivity index (χ1) is 8.02. The monoisotopic (exact) mass is 232 g/mol. The highest BCUT2D eigenvalue weighted by Crippen LogP contribution is 2.38. The number of pyridine rings is 1. The maximum absolute atomic E-state index is 4.54. The van der Waals surface area contributed by atoms with Crippen molar-refractivity contribution in [2.45, 2.75) is 6.04 Å². The molecular formula is C12H18N5+. The van der Waals surface area contributed by atoms with Crippen LogP contribution in [0.15, 0.2) is 18.3 Å². The van der Waals surface area contributed by atoms with Crippen molar-refractivity contribution in [2.75, 3.05) is 28.2 Å². The van der Waals surface area contributed by atoms with Crippen molar-refractivity contribution in [3.8, 4) is 0 Å². The van der Waals surface area contributed by atoms with Crippen LogP contribution < -0.4 is 0 Å². The Balaban J connectivity index is 2.51. The molecule has 1 aliphatic heterocycles. The van der Waals surface area contributed by atoms with Gasteiger partial charge in [-0.3, -0.25) is 14.2 Å². The lowest BCUT2D eigenvalue weighted by Crippen LogP contribution is -2.34. The van der Waals surface area contributed by atoms with Gasteiger partial charge in [0.2, 0.25) is 5.84 Å². The van der Waals surface area contributed by atoms with Gasteiger partial charge in [0.15, 0.2) is 0 Å². The zero-order valence-electron chi connectivity index (χ0n) is 10.8. The number of amidine groups is 1. The second-order valence-corrected chi connectivity index (χ2v) is 4.48. The quantitative estimate of drug-likeness (QED) is 0.411. The molecule has 0 saturated carbocycles. The van der Waals surface area contributed by atoms with E-state index in [1.54, 1.807) is 10.9 Å². The van der Waals surface area contributed by atoms with Crippen LogP contribution in [0.4, 0.5) is 5.82 Å². The van der Waals surface area contributed by atoms with E-state index < -0.39 is 0 Å². The molecule has 0 aromatic carbocycles. The highest BCUT2D eigenvalue weighted by Gasteiger charge is 2.31. The van der Waals surface area contributed by atoms with Crippen molar-refractivity contribution in [2.24, 2.45) is 0 Å². The Morgan fingerprint density at radius 1 is 1.53 bits per heavy atom. The van der Waals surface area contributed by atoms with Crippen molar-refractivity contribution in [1.82, 2.24) is 9.88 Å². The lowest BCUT2D eigenvalue weighted by atomic mass is 10.1. The van der Waals surface area contributed by atoms with Crippen LogP contribution in [0.1, 0.15) is 11.6 Å². The van der Waals surface area contributed by atoms with Crippen LogP contribution in [0.2, 0.25) is 0 Å². The number of hydrogen-bond acceptors (Lipinski definition) is 1. The van der Waals surface area contributed by atoms with Gasteiger partial charge in [0.1, 0.15) is 6.20 Å². The van der Waals surface area contributed by atoms with E-state index in [9.17, 15) is 0 Å². The van der Waals surface area contributed by atoms with Crippen LogP contribution in [-0.2, 0) is 0 Å². The Kier molecular flexibility index (Phi) is 2.83. The van der Waals surface area contributed by atoms with Gasteiger partial charge in [0, 0.05) is 18.3 Å². The van der Waals surface area contributed by atoms with E-state index >= 15 is 0 Å². The molecule has 0 aliphatic carbocycles. The predicted octanol–water partition coefficient (Wildman–Crippen LogP) is 1.00. The Hall–Kier alpha value is -1.91. The summed E-state index contributed by atoms with van der Waals surface area (Å²) in [5.41, 5.74) is 5.64. The van der Waals surface area contributed by atoms with E-state index in [0.717, 1.165) is 17.2 Å². The fraction of sp³-hybridized carbons (Fsp3) is 0.417. The minimum absolute atomic E-state index is 0.0267. The van der Waals surface area contributed by atoms with Gasteiger partial charge in [-0.1, -0.05) is 4.98 Å². The molecule has 1 aliphatic rings. The van der Waals surface area contributed by atoms with E-state index in [4.69, 9.17) is 0 Å². The van der Waals surface area contributed by atoms with Crippen molar-refractivity contribution < 1.29 is 9.26 Å². The van der Waals surface area contributed by atoms with E-state index in [0.29, 0.717) is 0 Å². The summed E-state index contributed by atoms with van der Waals surface area (Å²) in [5, 5.41) is 0. The van der Waals surface area contributed by atoms with E-state index in [2.05, 4.69) is 32.7 Å². The highest BCUT2D eigenvalue weighted by atomic mass is 15.5. The molecule has 1 atom stereocenters. The fourth-order valence-corrected chi connectivity index (χ4v) is 2.17. The third-order valence-corrected chi connectivity index (χ3v) is 2.77. The van der Waals surface area contributed by atoms with Crippen LogP contribution in [-0.4, -0.2) is 59.9 Å². The smallest absolute Gasteiger partial charge is 0.315 e. The second-order valence-electron chi connectivity index (χ2n) is 4.48. The number of likely N-dealkylation sites (N-methyl/N-ethyl adjacent to an activating group) is 1. The lowest BCUT2D eigenvalue weighted by molar-refractivity contribution is -0.472. The molecule has 0 saturated heterocycles. The molecule has 2 rings (SSSR count).